The summed E-state index contributed by atoms with van der Waals surface area (Å²) >= 11 is 0. The van der Waals surface area contributed by atoms with Crippen molar-refractivity contribution in [1.82, 2.24) is 29.1 Å². The van der Waals surface area contributed by atoms with Crippen LogP contribution in [0.4, 0.5) is 0 Å². The molecule has 0 amide bonds. The molecular formula is C19H18N6O7. The topological polar surface area (TPSA) is 159 Å². The van der Waals surface area contributed by atoms with Crippen LogP contribution in [0, 0.1) is 0 Å². The van der Waals surface area contributed by atoms with Crippen molar-refractivity contribution < 1.29 is 34.3 Å². The number of methoxy groups -OCH3 is 1. The Morgan fingerprint density at radius 3 is 2.75 bits per heavy atom. The fourth-order valence-corrected chi connectivity index (χ4v) is 4.04. The van der Waals surface area contributed by atoms with Crippen LogP contribution in [0.3, 0.4) is 0 Å². The first-order chi connectivity index (χ1) is 15.6. The van der Waals surface area contributed by atoms with Crippen LogP contribution in [0.1, 0.15) is 6.23 Å². The number of aliphatic hydroxyl groups excluding tert-OH is 3. The van der Waals surface area contributed by atoms with Crippen molar-refractivity contribution >= 4 is 16.8 Å². The van der Waals surface area contributed by atoms with E-state index < -0.39 is 31.1 Å². The molecule has 2 aliphatic heterocycles. The number of imidazole rings is 1. The monoisotopic (exact) mass is 442 g/mol. The third-order valence-corrected chi connectivity index (χ3v) is 5.64. The van der Waals surface area contributed by atoms with Crippen molar-refractivity contribution in [2.24, 2.45) is 0 Å². The fraction of sp³-hybridized carbons (Fsp3) is 0.368. The number of hydrogen-bond acceptors (Lipinski definition) is 11. The number of rotatable bonds is 4. The van der Waals surface area contributed by atoms with Crippen molar-refractivity contribution in [3.8, 4) is 28.9 Å². The van der Waals surface area contributed by atoms with Crippen molar-refractivity contribution in [3.05, 3.63) is 24.5 Å². The first-order valence-corrected chi connectivity index (χ1v) is 9.79. The molecule has 1 aromatic carbocycles. The zero-order valence-electron chi connectivity index (χ0n) is 16.7. The lowest BCUT2D eigenvalue weighted by molar-refractivity contribution is -0.0511. The molecule has 0 spiro atoms. The van der Waals surface area contributed by atoms with Crippen molar-refractivity contribution in [2.45, 2.75) is 24.5 Å². The molecule has 1 fully saturated rings. The molecule has 13 heteroatoms. The fourth-order valence-electron chi connectivity index (χ4n) is 4.04. The molecule has 166 valence electrons. The second-order valence-corrected chi connectivity index (χ2v) is 7.40. The first-order valence-electron chi connectivity index (χ1n) is 9.79. The van der Waals surface area contributed by atoms with Crippen LogP contribution in [-0.2, 0) is 4.74 Å². The molecule has 3 N–H and O–H groups in total. The highest BCUT2D eigenvalue weighted by Gasteiger charge is 2.44. The van der Waals surface area contributed by atoms with Gasteiger partial charge >= 0.3 is 6.01 Å². The van der Waals surface area contributed by atoms with Crippen molar-refractivity contribution in [2.75, 3.05) is 20.5 Å². The Morgan fingerprint density at radius 1 is 1.12 bits per heavy atom. The van der Waals surface area contributed by atoms with E-state index in [4.69, 9.17) is 18.9 Å². The highest BCUT2D eigenvalue weighted by Crippen LogP contribution is 2.37. The van der Waals surface area contributed by atoms with E-state index in [9.17, 15) is 15.3 Å². The van der Waals surface area contributed by atoms with Gasteiger partial charge in [-0.1, -0.05) is 0 Å². The Hall–Kier alpha value is -3.52. The Kier molecular flexibility index (Phi) is 4.19. The van der Waals surface area contributed by atoms with Crippen LogP contribution < -0.4 is 14.2 Å². The summed E-state index contributed by atoms with van der Waals surface area (Å²) in [6.07, 6.45) is -3.03. The number of aromatic nitrogens is 6. The third kappa shape index (κ3) is 2.59. The van der Waals surface area contributed by atoms with Crippen LogP contribution in [-0.4, -0.2) is 83.3 Å². The minimum absolute atomic E-state index is 0.156. The summed E-state index contributed by atoms with van der Waals surface area (Å²) in [6.45, 7) is -0.283. The Labute approximate surface area is 179 Å². The van der Waals surface area contributed by atoms with E-state index in [-0.39, 0.29) is 12.8 Å². The Balaban J connectivity index is 1.51. The normalized spacial score (nSPS) is 24.6. The summed E-state index contributed by atoms with van der Waals surface area (Å²) in [5.41, 5.74) is 1.80. The van der Waals surface area contributed by atoms with Crippen LogP contribution in [0.25, 0.3) is 28.2 Å². The lowest BCUT2D eigenvalue weighted by Crippen LogP contribution is -2.33. The molecule has 32 heavy (non-hydrogen) atoms. The lowest BCUT2D eigenvalue weighted by atomic mass is 10.1. The molecule has 13 nitrogen and oxygen atoms in total. The van der Waals surface area contributed by atoms with Gasteiger partial charge in [-0.25, -0.2) is 9.38 Å². The number of benzene rings is 1. The van der Waals surface area contributed by atoms with E-state index in [1.165, 1.54) is 18.0 Å². The van der Waals surface area contributed by atoms with Gasteiger partial charge < -0.3 is 34.3 Å². The Bertz CT molecular complexity index is 1340. The van der Waals surface area contributed by atoms with E-state index in [1.54, 1.807) is 16.5 Å². The predicted molar refractivity (Wildman–Crippen MR) is 105 cm³/mol. The molecule has 0 radical (unpaired) electrons. The molecule has 0 aliphatic carbocycles. The summed E-state index contributed by atoms with van der Waals surface area (Å²) in [5, 5.41) is 38.5. The number of aliphatic hydroxyl groups is 3. The molecule has 4 atom stereocenters. The van der Waals surface area contributed by atoms with E-state index >= 15 is 0 Å². The average molecular weight is 442 g/mol. The first kappa shape index (κ1) is 19.2. The summed E-state index contributed by atoms with van der Waals surface area (Å²) in [6, 6.07) is 5.58. The van der Waals surface area contributed by atoms with Crippen molar-refractivity contribution in [1.29, 1.82) is 0 Å². The minimum Gasteiger partial charge on any atom is -0.468 e. The van der Waals surface area contributed by atoms with Gasteiger partial charge in [0.15, 0.2) is 40.4 Å². The number of fused-ring (bicyclic) bond motifs is 4. The summed E-state index contributed by atoms with van der Waals surface area (Å²) in [5.74, 6) is 1.71. The highest BCUT2D eigenvalue weighted by atomic mass is 16.7. The van der Waals surface area contributed by atoms with Gasteiger partial charge in [0, 0.05) is 5.56 Å². The van der Waals surface area contributed by atoms with Gasteiger partial charge in [0.25, 0.3) is 0 Å². The summed E-state index contributed by atoms with van der Waals surface area (Å²) in [7, 11) is 1.46. The SMILES string of the molecule is COc1nc2c(ncn2[C@@H]2O[C@H](CO)[C@@H](O)[C@H]2O)c2nnc(-c3ccc4c(c3)OCO4)n12. The summed E-state index contributed by atoms with van der Waals surface area (Å²) in [4.78, 5) is 8.92. The molecule has 2 aliphatic rings. The molecule has 0 saturated carbocycles. The molecular weight excluding hydrogens is 424 g/mol. The zero-order chi connectivity index (χ0) is 22.0. The second kappa shape index (κ2) is 7.00. The third-order valence-electron chi connectivity index (χ3n) is 5.64. The minimum atomic E-state index is -1.28. The molecule has 4 aromatic rings. The maximum Gasteiger partial charge on any atom is 0.305 e. The molecule has 5 heterocycles. The van der Waals surface area contributed by atoms with Crippen LogP contribution in [0.2, 0.25) is 0 Å². The van der Waals surface area contributed by atoms with Gasteiger partial charge in [0.2, 0.25) is 6.79 Å². The van der Waals surface area contributed by atoms with E-state index in [0.717, 1.165) is 0 Å². The zero-order valence-corrected chi connectivity index (χ0v) is 16.7. The smallest absolute Gasteiger partial charge is 0.305 e. The van der Waals surface area contributed by atoms with Gasteiger partial charge in [-0.3, -0.25) is 4.57 Å². The van der Waals surface area contributed by atoms with Gasteiger partial charge in [0.1, 0.15) is 18.3 Å². The molecule has 3 aromatic heterocycles. The van der Waals surface area contributed by atoms with Crippen LogP contribution in [0.5, 0.6) is 17.5 Å². The standard InChI is InChI=1S/C19H18N6O7/c1-29-19-21-16-12(20-6-24(16)18-14(28)13(27)11(5-26)32-18)17-23-22-15(25(17)19)8-2-3-9-10(4-8)31-7-30-9/h2-4,6,11,13-14,18,26-28H,5,7H2,1H3/t11-,13-,14-,18-/m1/s1. The van der Waals surface area contributed by atoms with E-state index in [0.29, 0.717) is 39.7 Å². The van der Waals surface area contributed by atoms with Crippen LogP contribution in [0.15, 0.2) is 24.5 Å². The molecule has 0 bridgehead atoms. The molecule has 6 rings (SSSR count). The summed E-state index contributed by atoms with van der Waals surface area (Å²) < 4.78 is 25.0. The van der Waals surface area contributed by atoms with Crippen molar-refractivity contribution in [3.63, 3.8) is 0 Å². The van der Waals surface area contributed by atoms with Gasteiger partial charge in [-0.15, -0.1) is 10.2 Å². The maximum absolute atomic E-state index is 10.4. The number of nitrogens with zero attached hydrogens (tertiary/aromatic N) is 6. The molecule has 0 unspecified atom stereocenters. The quantitative estimate of drug-likeness (QED) is 0.374. The van der Waals surface area contributed by atoms with Gasteiger partial charge in [-0.05, 0) is 18.2 Å². The number of ether oxygens (including phenoxy) is 4. The maximum atomic E-state index is 10.4. The van der Waals surface area contributed by atoms with E-state index in [1.807, 2.05) is 6.07 Å². The largest absolute Gasteiger partial charge is 0.468 e. The molecule has 1 saturated heterocycles. The van der Waals surface area contributed by atoms with Gasteiger partial charge in [0.05, 0.1) is 20.0 Å². The lowest BCUT2D eigenvalue weighted by Gasteiger charge is -2.16. The van der Waals surface area contributed by atoms with Crippen LogP contribution >= 0.6 is 0 Å². The predicted octanol–water partition coefficient (Wildman–Crippen LogP) is -0.510. The van der Waals surface area contributed by atoms with E-state index in [2.05, 4.69) is 20.2 Å². The highest BCUT2D eigenvalue weighted by molar-refractivity contribution is 5.87. The second-order valence-electron chi connectivity index (χ2n) is 7.40. The Morgan fingerprint density at radius 2 is 1.97 bits per heavy atom. The number of hydrogen-bond donors (Lipinski definition) is 3. The van der Waals surface area contributed by atoms with Gasteiger partial charge in [-0.2, -0.15) is 4.98 Å². The average Bonchev–Trinajstić information content (AvgIpc) is 3.58.